The predicted octanol–water partition coefficient (Wildman–Crippen LogP) is 10.9. The molecule has 45 heavy (non-hydrogen) atoms. The Hall–Kier alpha value is -3.49. The summed E-state index contributed by atoms with van der Waals surface area (Å²) in [5.41, 5.74) is 5.86. The molecule has 230 valence electrons. The van der Waals surface area contributed by atoms with Crippen molar-refractivity contribution in [2.45, 2.75) is 33.8 Å². The second-order valence-corrected chi connectivity index (χ2v) is 13.1. The fourth-order valence-corrected chi connectivity index (χ4v) is 6.26. The van der Waals surface area contributed by atoms with Crippen LogP contribution in [0.15, 0.2) is 99.8 Å². The molecule has 1 saturated heterocycles. The second kappa shape index (κ2) is 14.7. The number of aliphatic imine (C=N–C) groups is 1. The molecule has 5 rings (SSSR count). The number of amidine groups is 1. The molecular formula is C36H31BrCl2N2O3S. The van der Waals surface area contributed by atoms with Crippen LogP contribution in [0, 0.1) is 13.8 Å². The lowest BCUT2D eigenvalue weighted by atomic mass is 10.0. The lowest BCUT2D eigenvalue weighted by molar-refractivity contribution is -0.113. The van der Waals surface area contributed by atoms with Gasteiger partial charge in [0, 0.05) is 20.1 Å². The van der Waals surface area contributed by atoms with E-state index in [0.29, 0.717) is 62.6 Å². The highest BCUT2D eigenvalue weighted by atomic mass is 79.9. The number of halogens is 3. The van der Waals surface area contributed by atoms with E-state index in [1.165, 1.54) is 11.8 Å². The van der Waals surface area contributed by atoms with Crippen molar-refractivity contribution in [3.8, 4) is 11.5 Å². The highest BCUT2D eigenvalue weighted by Gasteiger charge is 2.35. The summed E-state index contributed by atoms with van der Waals surface area (Å²) in [4.78, 5) is 20.9. The largest absolute Gasteiger partial charge is 0.490 e. The van der Waals surface area contributed by atoms with Gasteiger partial charge in [-0.25, -0.2) is 4.99 Å². The van der Waals surface area contributed by atoms with Crippen LogP contribution in [0.2, 0.25) is 10.0 Å². The Morgan fingerprint density at radius 2 is 1.67 bits per heavy atom. The Morgan fingerprint density at radius 1 is 0.956 bits per heavy atom. The Balaban J connectivity index is 1.55. The van der Waals surface area contributed by atoms with Crippen molar-refractivity contribution in [3.05, 3.63) is 133 Å². The van der Waals surface area contributed by atoms with Gasteiger partial charge in [0.1, 0.15) is 6.61 Å². The van der Waals surface area contributed by atoms with Crippen LogP contribution in [-0.4, -0.2) is 17.7 Å². The number of rotatable bonds is 10. The molecule has 1 aliphatic rings. The average Bonchev–Trinajstić information content (AvgIpc) is 3.31. The monoisotopic (exact) mass is 720 g/mol. The fourth-order valence-electron chi connectivity index (χ4n) is 4.65. The summed E-state index contributed by atoms with van der Waals surface area (Å²) in [6, 6.07) is 23.0. The highest BCUT2D eigenvalue weighted by molar-refractivity contribution is 9.10. The van der Waals surface area contributed by atoms with Crippen LogP contribution in [-0.2, 0) is 17.8 Å². The van der Waals surface area contributed by atoms with Crippen LogP contribution < -0.4 is 14.4 Å². The number of benzene rings is 4. The summed E-state index contributed by atoms with van der Waals surface area (Å²) in [7, 11) is 0. The number of thioether (sulfide) groups is 1. The molecule has 1 aliphatic heterocycles. The first-order chi connectivity index (χ1) is 21.7. The van der Waals surface area contributed by atoms with Gasteiger partial charge in [0.25, 0.3) is 5.91 Å². The molecule has 0 aromatic heterocycles. The van der Waals surface area contributed by atoms with E-state index in [2.05, 4.69) is 22.5 Å². The number of anilines is 1. The van der Waals surface area contributed by atoms with E-state index in [1.807, 2.05) is 93.6 Å². The van der Waals surface area contributed by atoms with Crippen LogP contribution in [0.4, 0.5) is 11.4 Å². The minimum atomic E-state index is -0.212. The molecule has 0 bridgehead atoms. The first-order valence-corrected chi connectivity index (χ1v) is 16.7. The third-order valence-corrected chi connectivity index (χ3v) is 9.32. The molecule has 0 saturated carbocycles. The van der Waals surface area contributed by atoms with Crippen LogP contribution >= 0.6 is 50.9 Å². The number of allylic oxidation sites excluding steroid dienone is 1. The number of nitrogens with zero attached hydrogens (tertiary/aromatic N) is 2. The molecule has 0 atom stereocenters. The van der Waals surface area contributed by atoms with Crippen LogP contribution in [0.5, 0.6) is 11.5 Å². The molecular weight excluding hydrogens is 691 g/mol. The lowest BCUT2D eigenvalue weighted by Crippen LogP contribution is -2.28. The van der Waals surface area contributed by atoms with Gasteiger partial charge in [-0.05, 0) is 116 Å². The highest BCUT2D eigenvalue weighted by Crippen LogP contribution is 2.41. The molecule has 1 amide bonds. The smallest absolute Gasteiger partial charge is 0.271 e. The lowest BCUT2D eigenvalue weighted by Gasteiger charge is -2.17. The first kappa shape index (κ1) is 32.9. The maximum Gasteiger partial charge on any atom is 0.271 e. The summed E-state index contributed by atoms with van der Waals surface area (Å²) < 4.78 is 13.4. The van der Waals surface area contributed by atoms with Crippen molar-refractivity contribution < 1.29 is 14.3 Å². The molecule has 0 spiro atoms. The van der Waals surface area contributed by atoms with Gasteiger partial charge >= 0.3 is 0 Å². The summed E-state index contributed by atoms with van der Waals surface area (Å²) >= 11 is 17.6. The molecule has 5 nitrogen and oxygen atoms in total. The zero-order valence-electron chi connectivity index (χ0n) is 25.1. The topological polar surface area (TPSA) is 51.1 Å². The van der Waals surface area contributed by atoms with Crippen molar-refractivity contribution in [2.75, 3.05) is 11.5 Å². The van der Waals surface area contributed by atoms with Gasteiger partial charge in [-0.15, -0.1) is 6.58 Å². The normalized spacial score (nSPS) is 14.8. The number of hydrogen-bond acceptors (Lipinski definition) is 5. The van der Waals surface area contributed by atoms with Crippen LogP contribution in [0.3, 0.4) is 0 Å². The molecule has 4 aromatic rings. The van der Waals surface area contributed by atoms with Crippen molar-refractivity contribution in [3.63, 3.8) is 0 Å². The Bertz CT molecular complexity index is 1820. The van der Waals surface area contributed by atoms with Crippen molar-refractivity contribution in [1.29, 1.82) is 0 Å². The molecule has 4 aromatic carbocycles. The standard InChI is InChI=1S/C36H31BrCl2N2O3S/c1-5-7-26-16-25(17-32(43-6-2)34(26)44-21-24-10-12-27(37)13-11-24)18-33-35(42)41(29-15-9-23(4)31(39)20-29)36(45-33)40-28-14-8-22(3)30(38)19-28/h5,8-20H,1,6-7,21H2,2-4H3/b33-18+,40-36?. The molecule has 0 radical (unpaired) electrons. The third-order valence-electron chi connectivity index (χ3n) is 7.01. The van der Waals surface area contributed by atoms with Crippen molar-refractivity contribution >= 4 is 79.4 Å². The molecule has 9 heteroatoms. The quantitative estimate of drug-likeness (QED) is 0.121. The predicted molar refractivity (Wildman–Crippen MR) is 193 cm³/mol. The molecule has 1 fully saturated rings. The molecule has 0 unspecified atom stereocenters. The van der Waals surface area contributed by atoms with Gasteiger partial charge < -0.3 is 9.47 Å². The number of carbonyl (C=O) groups excluding carboxylic acids is 1. The number of ether oxygens (including phenoxy) is 2. The number of carbonyl (C=O) groups is 1. The first-order valence-electron chi connectivity index (χ1n) is 14.3. The maximum absolute atomic E-state index is 14.0. The van der Waals surface area contributed by atoms with Crippen molar-refractivity contribution in [1.82, 2.24) is 0 Å². The van der Waals surface area contributed by atoms with Gasteiger partial charge in [0.2, 0.25) is 0 Å². The Morgan fingerprint density at radius 3 is 2.33 bits per heavy atom. The number of hydrogen-bond donors (Lipinski definition) is 0. The fraction of sp³-hybridized carbons (Fsp3) is 0.167. The van der Waals surface area contributed by atoms with E-state index in [-0.39, 0.29) is 5.91 Å². The summed E-state index contributed by atoms with van der Waals surface area (Å²) in [6.45, 7) is 10.6. The SMILES string of the molecule is C=CCc1cc(/C=C2/SC(=Nc3ccc(C)c(Cl)c3)N(c3ccc(C)c(Cl)c3)C2=O)cc(OCC)c1OCc1ccc(Br)cc1. The Labute approximate surface area is 286 Å². The third kappa shape index (κ3) is 7.85. The van der Waals surface area contributed by atoms with Gasteiger partial charge in [0.15, 0.2) is 16.7 Å². The summed E-state index contributed by atoms with van der Waals surface area (Å²) in [5, 5.41) is 1.67. The summed E-state index contributed by atoms with van der Waals surface area (Å²) in [5.74, 6) is 1.04. The van der Waals surface area contributed by atoms with Gasteiger partial charge in [-0.1, -0.05) is 69.5 Å². The van der Waals surface area contributed by atoms with Crippen molar-refractivity contribution in [2.24, 2.45) is 4.99 Å². The van der Waals surface area contributed by atoms with E-state index < -0.39 is 0 Å². The molecule has 0 aliphatic carbocycles. The minimum absolute atomic E-state index is 0.212. The molecule has 0 N–H and O–H groups in total. The van der Waals surface area contributed by atoms with E-state index in [1.54, 1.807) is 17.0 Å². The number of amides is 1. The van der Waals surface area contributed by atoms with Crippen LogP contribution in [0.1, 0.15) is 34.7 Å². The average molecular weight is 723 g/mol. The van der Waals surface area contributed by atoms with E-state index >= 15 is 0 Å². The van der Waals surface area contributed by atoms with E-state index in [9.17, 15) is 4.79 Å². The summed E-state index contributed by atoms with van der Waals surface area (Å²) in [6.07, 6.45) is 4.24. The molecule has 1 heterocycles. The zero-order valence-corrected chi connectivity index (χ0v) is 29.0. The Kier molecular flexibility index (Phi) is 10.8. The van der Waals surface area contributed by atoms with Gasteiger partial charge in [-0.3, -0.25) is 9.69 Å². The second-order valence-electron chi connectivity index (χ2n) is 10.4. The van der Waals surface area contributed by atoms with Gasteiger partial charge in [-0.2, -0.15) is 0 Å². The van der Waals surface area contributed by atoms with Gasteiger partial charge in [0.05, 0.1) is 22.9 Å². The zero-order chi connectivity index (χ0) is 32.1. The maximum atomic E-state index is 14.0. The van der Waals surface area contributed by atoms with E-state index in [0.717, 1.165) is 32.3 Å². The minimum Gasteiger partial charge on any atom is -0.490 e. The van der Waals surface area contributed by atoms with Crippen LogP contribution in [0.25, 0.3) is 6.08 Å². The van der Waals surface area contributed by atoms with E-state index in [4.69, 9.17) is 37.7 Å². The number of aryl methyl sites for hydroxylation is 2.